The van der Waals surface area contributed by atoms with E-state index in [1.54, 1.807) is 31.4 Å². The fourth-order valence-electron chi connectivity index (χ4n) is 2.59. The van der Waals surface area contributed by atoms with Crippen LogP contribution in [0.5, 0.6) is 5.75 Å². The Kier molecular flexibility index (Phi) is 6.60. The molecule has 0 spiro atoms. The number of carbonyl (C=O) groups is 2. The highest BCUT2D eigenvalue weighted by Gasteiger charge is 2.18. The number of urea groups is 1. The van der Waals surface area contributed by atoms with Crippen molar-refractivity contribution < 1.29 is 14.3 Å². The predicted octanol–water partition coefficient (Wildman–Crippen LogP) is 3.72. The number of hydrogen-bond acceptors (Lipinski definition) is 3. The molecule has 138 valence electrons. The number of carbonyl (C=O) groups excluding carboxylic acids is 2. The van der Waals surface area contributed by atoms with Crippen molar-refractivity contribution >= 4 is 17.6 Å². The predicted molar refractivity (Wildman–Crippen MR) is 103 cm³/mol. The van der Waals surface area contributed by atoms with Crippen LogP contribution in [0.1, 0.15) is 42.7 Å². The van der Waals surface area contributed by atoms with E-state index in [0.717, 1.165) is 5.56 Å². The van der Waals surface area contributed by atoms with Gasteiger partial charge in [-0.05, 0) is 39.0 Å². The smallest absolute Gasteiger partial charge is 0.319 e. The first-order valence-corrected chi connectivity index (χ1v) is 8.52. The summed E-state index contributed by atoms with van der Waals surface area (Å²) in [4.78, 5) is 24.7. The molecule has 2 aromatic rings. The van der Waals surface area contributed by atoms with E-state index in [2.05, 4.69) is 16.0 Å². The van der Waals surface area contributed by atoms with Gasteiger partial charge in [-0.1, -0.05) is 30.3 Å². The first-order valence-electron chi connectivity index (χ1n) is 8.52. The fourth-order valence-corrected chi connectivity index (χ4v) is 2.59. The molecule has 2 rings (SSSR count). The quantitative estimate of drug-likeness (QED) is 0.739. The Morgan fingerprint density at radius 3 is 2.27 bits per heavy atom. The van der Waals surface area contributed by atoms with Gasteiger partial charge in [-0.3, -0.25) is 4.79 Å². The molecule has 0 saturated heterocycles. The minimum Gasteiger partial charge on any atom is -0.496 e. The summed E-state index contributed by atoms with van der Waals surface area (Å²) in [5.41, 5.74) is 1.73. The maximum absolute atomic E-state index is 12.7. The van der Waals surface area contributed by atoms with E-state index in [9.17, 15) is 9.59 Å². The van der Waals surface area contributed by atoms with Crippen LogP contribution in [-0.4, -0.2) is 25.1 Å². The third kappa shape index (κ3) is 4.99. The van der Waals surface area contributed by atoms with Crippen molar-refractivity contribution in [3.8, 4) is 5.75 Å². The van der Waals surface area contributed by atoms with Gasteiger partial charge < -0.3 is 20.7 Å². The highest BCUT2D eigenvalue weighted by atomic mass is 16.5. The molecule has 2 aromatic carbocycles. The van der Waals surface area contributed by atoms with E-state index < -0.39 is 0 Å². The molecule has 0 aromatic heterocycles. The van der Waals surface area contributed by atoms with E-state index in [0.29, 0.717) is 17.0 Å². The van der Waals surface area contributed by atoms with E-state index in [1.165, 1.54) is 0 Å². The first kappa shape index (κ1) is 19.3. The van der Waals surface area contributed by atoms with Gasteiger partial charge in [-0.2, -0.15) is 0 Å². The average Bonchev–Trinajstić information content (AvgIpc) is 2.61. The number of para-hydroxylation sites is 2. The Labute approximate surface area is 153 Å². The monoisotopic (exact) mass is 355 g/mol. The summed E-state index contributed by atoms with van der Waals surface area (Å²) in [5.74, 6) is 0.437. The van der Waals surface area contributed by atoms with Crippen molar-refractivity contribution in [1.82, 2.24) is 10.6 Å². The molecular weight excluding hydrogens is 330 g/mol. The minimum absolute atomic E-state index is 0.00144. The van der Waals surface area contributed by atoms with E-state index in [-0.39, 0.29) is 24.0 Å². The zero-order valence-corrected chi connectivity index (χ0v) is 15.5. The lowest BCUT2D eigenvalue weighted by molar-refractivity contribution is 0.0940. The summed E-state index contributed by atoms with van der Waals surface area (Å²) < 4.78 is 5.35. The Bertz CT molecular complexity index is 774. The first-order chi connectivity index (χ1) is 12.4. The summed E-state index contributed by atoms with van der Waals surface area (Å²) in [6, 6.07) is 13.8. The fraction of sp³-hybridized carbons (Fsp3) is 0.300. The number of rotatable bonds is 6. The number of methoxy groups -OCH3 is 1. The van der Waals surface area contributed by atoms with E-state index in [1.807, 2.05) is 45.0 Å². The topological polar surface area (TPSA) is 79.5 Å². The molecule has 1 unspecified atom stereocenters. The second kappa shape index (κ2) is 8.89. The van der Waals surface area contributed by atoms with Gasteiger partial charge in [0.2, 0.25) is 0 Å². The molecule has 1 atom stereocenters. The Balaban J connectivity index is 2.16. The second-order valence-corrected chi connectivity index (χ2v) is 6.24. The SMILES string of the molecule is COc1ccccc1C(C)NC(=O)c1ccccc1NC(=O)NC(C)C. The van der Waals surface area contributed by atoms with Gasteiger partial charge in [-0.25, -0.2) is 4.79 Å². The van der Waals surface area contributed by atoms with Crippen LogP contribution in [0.3, 0.4) is 0 Å². The molecule has 0 aliphatic heterocycles. The van der Waals surface area contributed by atoms with E-state index in [4.69, 9.17) is 4.74 Å². The lowest BCUT2D eigenvalue weighted by Crippen LogP contribution is -2.35. The van der Waals surface area contributed by atoms with Crippen molar-refractivity contribution in [3.05, 3.63) is 59.7 Å². The molecule has 0 heterocycles. The Morgan fingerprint density at radius 2 is 1.58 bits per heavy atom. The standard InChI is InChI=1S/C20H25N3O3/c1-13(2)21-20(25)23-17-11-7-5-10-16(17)19(24)22-14(3)15-9-6-8-12-18(15)26-4/h5-14H,1-4H3,(H,22,24)(H2,21,23,25). The average molecular weight is 355 g/mol. The lowest BCUT2D eigenvalue weighted by atomic mass is 10.1. The molecule has 6 heteroatoms. The van der Waals surface area contributed by atoms with Crippen LogP contribution in [0, 0.1) is 0 Å². The van der Waals surface area contributed by atoms with Crippen LogP contribution in [0.4, 0.5) is 10.5 Å². The molecule has 0 radical (unpaired) electrons. The van der Waals surface area contributed by atoms with Crippen LogP contribution < -0.4 is 20.7 Å². The summed E-state index contributed by atoms with van der Waals surface area (Å²) >= 11 is 0. The zero-order chi connectivity index (χ0) is 19.1. The van der Waals surface area contributed by atoms with Crippen molar-refractivity contribution in [3.63, 3.8) is 0 Å². The molecule has 0 bridgehead atoms. The van der Waals surface area contributed by atoms with E-state index >= 15 is 0 Å². The van der Waals surface area contributed by atoms with Crippen LogP contribution in [0.25, 0.3) is 0 Å². The number of hydrogen-bond donors (Lipinski definition) is 3. The maximum Gasteiger partial charge on any atom is 0.319 e. The normalized spacial score (nSPS) is 11.6. The van der Waals surface area contributed by atoms with Crippen molar-refractivity contribution in [2.75, 3.05) is 12.4 Å². The van der Waals surface area contributed by atoms with Crippen molar-refractivity contribution in [2.45, 2.75) is 32.9 Å². The number of nitrogens with one attached hydrogen (secondary N) is 3. The third-order valence-corrected chi connectivity index (χ3v) is 3.79. The van der Waals surface area contributed by atoms with Gasteiger partial charge >= 0.3 is 6.03 Å². The number of amides is 3. The molecule has 6 nitrogen and oxygen atoms in total. The van der Waals surface area contributed by atoms with Crippen LogP contribution >= 0.6 is 0 Å². The molecule has 3 N–H and O–H groups in total. The van der Waals surface area contributed by atoms with Gasteiger partial charge in [0.15, 0.2) is 0 Å². The zero-order valence-electron chi connectivity index (χ0n) is 15.5. The van der Waals surface area contributed by atoms with Crippen molar-refractivity contribution in [1.29, 1.82) is 0 Å². The number of anilines is 1. The largest absolute Gasteiger partial charge is 0.496 e. The van der Waals surface area contributed by atoms with Crippen LogP contribution in [-0.2, 0) is 0 Å². The summed E-state index contributed by atoms with van der Waals surface area (Å²) in [5, 5.41) is 8.41. The molecule has 0 fully saturated rings. The van der Waals surface area contributed by atoms with Crippen LogP contribution in [0.2, 0.25) is 0 Å². The summed E-state index contributed by atoms with van der Waals surface area (Å²) in [6.45, 7) is 5.62. The molecule has 26 heavy (non-hydrogen) atoms. The number of ether oxygens (including phenoxy) is 1. The Morgan fingerprint density at radius 1 is 0.923 bits per heavy atom. The van der Waals surface area contributed by atoms with Gasteiger partial charge in [0.05, 0.1) is 24.4 Å². The Hall–Kier alpha value is -3.02. The molecule has 0 saturated carbocycles. The second-order valence-electron chi connectivity index (χ2n) is 6.24. The highest BCUT2D eigenvalue weighted by molar-refractivity contribution is 6.03. The van der Waals surface area contributed by atoms with Gasteiger partial charge in [0.1, 0.15) is 5.75 Å². The van der Waals surface area contributed by atoms with Gasteiger partial charge in [0.25, 0.3) is 5.91 Å². The summed E-state index contributed by atoms with van der Waals surface area (Å²) in [7, 11) is 1.60. The van der Waals surface area contributed by atoms with Gasteiger partial charge in [-0.15, -0.1) is 0 Å². The van der Waals surface area contributed by atoms with Crippen molar-refractivity contribution in [2.24, 2.45) is 0 Å². The highest BCUT2D eigenvalue weighted by Crippen LogP contribution is 2.25. The lowest BCUT2D eigenvalue weighted by Gasteiger charge is -2.18. The van der Waals surface area contributed by atoms with Gasteiger partial charge in [0, 0.05) is 11.6 Å². The molecular formula is C20H25N3O3. The number of benzene rings is 2. The minimum atomic E-state index is -0.349. The third-order valence-electron chi connectivity index (χ3n) is 3.79. The molecule has 0 aliphatic carbocycles. The molecule has 0 aliphatic rings. The summed E-state index contributed by atoms with van der Waals surface area (Å²) in [6.07, 6.45) is 0. The van der Waals surface area contributed by atoms with Crippen LogP contribution in [0.15, 0.2) is 48.5 Å². The molecule has 3 amide bonds. The maximum atomic E-state index is 12.7.